The Morgan fingerprint density at radius 2 is 1.60 bits per heavy atom. The molecular formula is C19H29F4O6S-. The van der Waals surface area contributed by atoms with Crippen LogP contribution in [0.3, 0.4) is 0 Å². The van der Waals surface area contributed by atoms with Gasteiger partial charge in [-0.25, -0.2) is 13.2 Å². The Labute approximate surface area is 174 Å². The van der Waals surface area contributed by atoms with E-state index in [1.807, 2.05) is 6.92 Å². The lowest BCUT2D eigenvalue weighted by Gasteiger charge is -2.31. The van der Waals surface area contributed by atoms with Crippen LogP contribution in [0.5, 0.6) is 0 Å². The average molecular weight is 461 g/mol. The second-order valence-corrected chi connectivity index (χ2v) is 9.32. The van der Waals surface area contributed by atoms with Crippen molar-refractivity contribution in [2.75, 3.05) is 13.2 Å². The molecule has 0 aromatic rings. The standard InChI is InChI=1S/C19H30F4O6S/c1-15(16(24)29-17(2)10-6-4-3-5-7-11-17)14-28-13-9-8-12-18(20,21)19(22,23)30(25,26)27/h1,3-14H2,2H3,(H,25,26,27)/p-1. The van der Waals surface area contributed by atoms with Crippen LogP contribution in [-0.4, -0.2) is 48.9 Å². The molecule has 0 radical (unpaired) electrons. The predicted octanol–water partition coefficient (Wildman–Crippen LogP) is 4.55. The van der Waals surface area contributed by atoms with Crippen molar-refractivity contribution in [3.05, 3.63) is 12.2 Å². The van der Waals surface area contributed by atoms with E-state index >= 15 is 0 Å². The second-order valence-electron chi connectivity index (χ2n) is 7.90. The van der Waals surface area contributed by atoms with Gasteiger partial charge in [0, 0.05) is 13.0 Å². The fourth-order valence-electron chi connectivity index (χ4n) is 3.19. The number of ether oxygens (including phenoxy) is 2. The highest BCUT2D eigenvalue weighted by Gasteiger charge is 2.60. The largest absolute Gasteiger partial charge is 0.743 e. The molecule has 0 saturated heterocycles. The Bertz CT molecular complexity index is 685. The Morgan fingerprint density at radius 1 is 1.07 bits per heavy atom. The highest BCUT2D eigenvalue weighted by Crippen LogP contribution is 2.41. The molecule has 1 aliphatic rings. The first-order chi connectivity index (χ1) is 13.7. The van der Waals surface area contributed by atoms with E-state index in [1.165, 1.54) is 6.42 Å². The summed E-state index contributed by atoms with van der Waals surface area (Å²) >= 11 is 0. The maximum atomic E-state index is 13.3. The van der Waals surface area contributed by atoms with Crippen LogP contribution in [0.1, 0.15) is 71.1 Å². The van der Waals surface area contributed by atoms with Gasteiger partial charge in [-0.1, -0.05) is 25.8 Å². The topological polar surface area (TPSA) is 92.7 Å². The summed E-state index contributed by atoms with van der Waals surface area (Å²) in [6, 6.07) is 0. The van der Waals surface area contributed by atoms with E-state index in [0.717, 1.165) is 38.5 Å². The minimum atomic E-state index is -6.48. The van der Waals surface area contributed by atoms with Crippen molar-refractivity contribution in [3.63, 3.8) is 0 Å². The fourth-order valence-corrected chi connectivity index (χ4v) is 3.65. The summed E-state index contributed by atoms with van der Waals surface area (Å²) in [7, 11) is -6.48. The van der Waals surface area contributed by atoms with Gasteiger partial charge in [0.05, 0.1) is 12.2 Å². The van der Waals surface area contributed by atoms with Gasteiger partial charge in [0.15, 0.2) is 10.1 Å². The van der Waals surface area contributed by atoms with Gasteiger partial charge in [0.2, 0.25) is 0 Å². The number of unbranched alkanes of at least 4 members (excludes halogenated alkanes) is 1. The Balaban J connectivity index is 2.33. The molecule has 0 atom stereocenters. The van der Waals surface area contributed by atoms with Gasteiger partial charge >= 0.3 is 17.1 Å². The summed E-state index contributed by atoms with van der Waals surface area (Å²) in [5.74, 6) is -5.58. The number of carbonyl (C=O) groups is 1. The SMILES string of the molecule is C=C(COCCCCC(F)(F)C(F)(F)S(=O)(=O)[O-])C(=O)OC1(C)CCCCCCC1. The molecule has 1 aliphatic carbocycles. The minimum Gasteiger partial charge on any atom is -0.743 e. The van der Waals surface area contributed by atoms with E-state index in [1.54, 1.807) is 0 Å². The Morgan fingerprint density at radius 3 is 2.13 bits per heavy atom. The first-order valence-electron chi connectivity index (χ1n) is 9.92. The van der Waals surface area contributed by atoms with Crippen LogP contribution < -0.4 is 0 Å². The first-order valence-corrected chi connectivity index (χ1v) is 11.3. The lowest BCUT2D eigenvalue weighted by Crippen LogP contribution is -2.46. The molecular weight excluding hydrogens is 432 g/mol. The van der Waals surface area contributed by atoms with Crippen LogP contribution in [0.4, 0.5) is 17.6 Å². The summed E-state index contributed by atoms with van der Waals surface area (Å²) in [5, 5.41) is -5.67. The molecule has 1 rings (SSSR count). The van der Waals surface area contributed by atoms with Crippen LogP contribution in [-0.2, 0) is 24.4 Å². The van der Waals surface area contributed by atoms with Crippen molar-refractivity contribution in [1.29, 1.82) is 0 Å². The van der Waals surface area contributed by atoms with E-state index in [0.29, 0.717) is 0 Å². The molecule has 0 unspecified atom stereocenters. The van der Waals surface area contributed by atoms with Crippen molar-refractivity contribution in [3.8, 4) is 0 Å². The summed E-state index contributed by atoms with van der Waals surface area (Å²) in [4.78, 5) is 12.2. The minimum absolute atomic E-state index is 0.0487. The number of carbonyl (C=O) groups excluding carboxylic acids is 1. The van der Waals surface area contributed by atoms with Gasteiger partial charge in [-0.2, -0.15) is 17.6 Å². The maximum absolute atomic E-state index is 13.3. The quantitative estimate of drug-likeness (QED) is 0.147. The molecule has 176 valence electrons. The molecule has 1 saturated carbocycles. The zero-order valence-electron chi connectivity index (χ0n) is 17.1. The molecule has 0 spiro atoms. The third-order valence-corrected chi connectivity index (χ3v) is 6.01. The average Bonchev–Trinajstić information content (AvgIpc) is 2.60. The molecule has 0 aromatic heterocycles. The van der Waals surface area contributed by atoms with E-state index in [4.69, 9.17) is 9.47 Å². The van der Waals surface area contributed by atoms with Gasteiger partial charge in [-0.05, 0) is 45.4 Å². The third kappa shape index (κ3) is 7.81. The van der Waals surface area contributed by atoms with Crippen LogP contribution >= 0.6 is 0 Å². The maximum Gasteiger partial charge on any atom is 0.396 e. The Hall–Kier alpha value is -1.20. The third-order valence-electron chi connectivity index (χ3n) is 5.08. The van der Waals surface area contributed by atoms with Crippen molar-refractivity contribution < 1.29 is 44.8 Å². The zero-order chi connectivity index (χ0) is 23.1. The van der Waals surface area contributed by atoms with Crippen molar-refractivity contribution in [1.82, 2.24) is 0 Å². The Kier molecular flexibility index (Phi) is 9.75. The van der Waals surface area contributed by atoms with Gasteiger partial charge in [-0.15, -0.1) is 0 Å². The predicted molar refractivity (Wildman–Crippen MR) is 100 cm³/mol. The highest BCUT2D eigenvalue weighted by atomic mass is 32.2. The van der Waals surface area contributed by atoms with Crippen LogP contribution in [0.2, 0.25) is 0 Å². The van der Waals surface area contributed by atoms with E-state index in [9.17, 15) is 35.3 Å². The van der Waals surface area contributed by atoms with Crippen molar-refractivity contribution in [2.45, 2.75) is 87.9 Å². The molecule has 0 heterocycles. The molecule has 0 aliphatic heterocycles. The monoisotopic (exact) mass is 461 g/mol. The highest BCUT2D eigenvalue weighted by molar-refractivity contribution is 7.86. The summed E-state index contributed by atoms with van der Waals surface area (Å²) in [6.45, 7) is 5.11. The zero-order valence-corrected chi connectivity index (χ0v) is 17.9. The molecule has 0 bridgehead atoms. The van der Waals surface area contributed by atoms with E-state index < -0.39 is 45.7 Å². The van der Waals surface area contributed by atoms with Gasteiger partial charge in [0.1, 0.15) is 5.60 Å². The number of hydrogen-bond donors (Lipinski definition) is 0. The molecule has 0 N–H and O–H groups in total. The number of hydrogen-bond acceptors (Lipinski definition) is 6. The first kappa shape index (κ1) is 26.8. The number of halogens is 4. The smallest absolute Gasteiger partial charge is 0.396 e. The number of alkyl halides is 4. The normalized spacial score (nSPS) is 18.3. The summed E-state index contributed by atoms with van der Waals surface area (Å²) < 4.78 is 94.3. The van der Waals surface area contributed by atoms with Gasteiger partial charge in [0.25, 0.3) is 0 Å². The molecule has 6 nitrogen and oxygen atoms in total. The van der Waals surface area contributed by atoms with Crippen LogP contribution in [0, 0.1) is 0 Å². The van der Waals surface area contributed by atoms with E-state index in [-0.39, 0.29) is 25.2 Å². The summed E-state index contributed by atoms with van der Waals surface area (Å²) in [6.07, 6.45) is 4.67. The number of esters is 1. The molecule has 0 amide bonds. The molecule has 30 heavy (non-hydrogen) atoms. The van der Waals surface area contributed by atoms with Crippen molar-refractivity contribution in [2.24, 2.45) is 0 Å². The molecule has 1 fully saturated rings. The van der Waals surface area contributed by atoms with Crippen LogP contribution in [0.25, 0.3) is 0 Å². The lowest BCUT2D eigenvalue weighted by atomic mass is 9.88. The van der Waals surface area contributed by atoms with Crippen molar-refractivity contribution >= 4 is 16.1 Å². The summed E-state index contributed by atoms with van der Waals surface area (Å²) in [5.41, 5.74) is -0.522. The lowest BCUT2D eigenvalue weighted by molar-refractivity contribution is -0.165. The molecule has 0 aromatic carbocycles. The van der Waals surface area contributed by atoms with Gasteiger partial charge in [-0.3, -0.25) is 0 Å². The molecule has 11 heteroatoms. The second kappa shape index (κ2) is 10.9. The van der Waals surface area contributed by atoms with Crippen LogP contribution in [0.15, 0.2) is 12.2 Å². The van der Waals surface area contributed by atoms with Gasteiger partial charge < -0.3 is 14.0 Å². The van der Waals surface area contributed by atoms with E-state index in [2.05, 4.69) is 6.58 Å². The number of rotatable bonds is 11. The fraction of sp³-hybridized carbons (Fsp3) is 0.842.